The van der Waals surface area contributed by atoms with E-state index in [1.54, 1.807) is 0 Å². The second-order valence-corrected chi connectivity index (χ2v) is 10.1. The molecular formula is C37H28Cl2Zr. The van der Waals surface area contributed by atoms with Crippen molar-refractivity contribution in [3.63, 3.8) is 0 Å². The third kappa shape index (κ3) is 5.49. The minimum atomic E-state index is 0. The Labute approximate surface area is 268 Å². The number of benzene rings is 5. The molecule has 1 atom stereocenters. The number of fused-ring (bicyclic) bond motifs is 3. The average molecular weight is 635 g/mol. The number of hydrogen-bond acceptors (Lipinski definition) is 0. The van der Waals surface area contributed by atoms with Crippen LogP contribution in [0.15, 0.2) is 151 Å². The van der Waals surface area contributed by atoms with Crippen molar-refractivity contribution < 1.29 is 51.0 Å². The molecule has 0 saturated carbocycles. The van der Waals surface area contributed by atoms with Crippen molar-refractivity contribution in [3.05, 3.63) is 168 Å². The summed E-state index contributed by atoms with van der Waals surface area (Å²) in [5, 5.41) is 0. The Hall–Kier alpha value is -2.96. The van der Waals surface area contributed by atoms with Crippen LogP contribution in [0.4, 0.5) is 0 Å². The molecule has 7 rings (SSSR count). The van der Waals surface area contributed by atoms with Gasteiger partial charge in [0.05, 0.1) is 0 Å². The van der Waals surface area contributed by atoms with Crippen LogP contribution < -0.4 is 24.8 Å². The maximum Gasteiger partial charge on any atom is 2.00 e. The van der Waals surface area contributed by atoms with Gasteiger partial charge in [0.1, 0.15) is 0 Å². The summed E-state index contributed by atoms with van der Waals surface area (Å²) in [5.41, 5.74) is 13.6. The van der Waals surface area contributed by atoms with Gasteiger partial charge in [-0.05, 0) is 68.6 Å². The molecule has 2 aliphatic rings. The van der Waals surface area contributed by atoms with Crippen molar-refractivity contribution in [2.75, 3.05) is 0 Å². The van der Waals surface area contributed by atoms with Gasteiger partial charge >= 0.3 is 26.2 Å². The van der Waals surface area contributed by atoms with E-state index in [-0.39, 0.29) is 62.9 Å². The van der Waals surface area contributed by atoms with Crippen LogP contribution in [-0.2, 0) is 26.2 Å². The first kappa shape index (κ1) is 30.0. The van der Waals surface area contributed by atoms with E-state index in [9.17, 15) is 0 Å². The van der Waals surface area contributed by atoms with Crippen LogP contribution in [0.5, 0.6) is 0 Å². The SMILES string of the molecule is C1=CCC(C(c2ccccc2)C2c3cc(-c4ccccc4)ccc3-c3ccc(-c4ccccc4)cc32)=C1.[Cl-].[Cl-].[Zr+2]. The largest absolute Gasteiger partial charge is 2.00 e. The van der Waals surface area contributed by atoms with E-state index in [2.05, 4.69) is 146 Å². The molecule has 0 fully saturated rings. The first-order valence-electron chi connectivity index (χ1n) is 13.2. The van der Waals surface area contributed by atoms with Gasteiger partial charge in [0.2, 0.25) is 0 Å². The summed E-state index contributed by atoms with van der Waals surface area (Å²) in [4.78, 5) is 0. The van der Waals surface area contributed by atoms with E-state index in [0.717, 1.165) is 6.42 Å². The Kier molecular flexibility index (Phi) is 9.86. The summed E-state index contributed by atoms with van der Waals surface area (Å²) in [7, 11) is 0. The van der Waals surface area contributed by atoms with Gasteiger partial charge in [0.15, 0.2) is 0 Å². The molecule has 0 amide bonds. The van der Waals surface area contributed by atoms with Crippen molar-refractivity contribution in [2.24, 2.45) is 0 Å². The van der Waals surface area contributed by atoms with E-state index >= 15 is 0 Å². The maximum absolute atomic E-state index is 2.45. The monoisotopic (exact) mass is 632 g/mol. The maximum atomic E-state index is 2.45. The van der Waals surface area contributed by atoms with E-state index in [4.69, 9.17) is 0 Å². The van der Waals surface area contributed by atoms with Gasteiger partial charge in [0.25, 0.3) is 0 Å². The fourth-order valence-corrected chi connectivity index (χ4v) is 6.25. The van der Waals surface area contributed by atoms with Crippen LogP contribution in [0.3, 0.4) is 0 Å². The molecule has 0 spiro atoms. The van der Waals surface area contributed by atoms with Gasteiger partial charge in [-0.1, -0.05) is 139 Å². The zero-order valence-electron chi connectivity index (χ0n) is 22.0. The Morgan fingerprint density at radius 1 is 0.525 bits per heavy atom. The van der Waals surface area contributed by atoms with E-state index in [1.165, 1.54) is 55.6 Å². The molecule has 0 N–H and O–H groups in total. The molecule has 2 aliphatic carbocycles. The molecule has 194 valence electrons. The summed E-state index contributed by atoms with van der Waals surface area (Å²) >= 11 is 0. The van der Waals surface area contributed by atoms with Crippen LogP contribution in [0.25, 0.3) is 33.4 Å². The minimum Gasteiger partial charge on any atom is -1.00 e. The number of rotatable bonds is 5. The van der Waals surface area contributed by atoms with E-state index in [1.807, 2.05) is 0 Å². The third-order valence-corrected chi connectivity index (χ3v) is 7.97. The molecule has 0 aliphatic heterocycles. The topological polar surface area (TPSA) is 0 Å². The Morgan fingerprint density at radius 2 is 1.00 bits per heavy atom. The summed E-state index contributed by atoms with van der Waals surface area (Å²) < 4.78 is 0. The number of allylic oxidation sites excluding steroid dienone is 4. The van der Waals surface area contributed by atoms with E-state index in [0.29, 0.717) is 0 Å². The molecule has 0 bridgehead atoms. The minimum absolute atomic E-state index is 0. The van der Waals surface area contributed by atoms with Gasteiger partial charge in [0, 0.05) is 11.8 Å². The standard InChI is InChI=1S/C37H28.2ClH.Zr/c1-4-12-26(13-5-1)30-20-22-32-33-23-21-31(27-14-6-2-7-15-27)25-35(33)37(34(32)24-30)36(29-18-10-11-19-29)28-16-8-3-9-17-28;;;/h1-18,20-25,36-37H,19H2;2*1H;/q;;;+2/p-2. The molecule has 0 radical (unpaired) electrons. The Bertz CT molecular complexity index is 1550. The first-order chi connectivity index (χ1) is 18.4. The second-order valence-electron chi connectivity index (χ2n) is 10.1. The second kappa shape index (κ2) is 13.1. The molecule has 0 aromatic heterocycles. The zero-order chi connectivity index (χ0) is 24.6. The molecule has 3 heteroatoms. The smallest absolute Gasteiger partial charge is 1.00 e. The summed E-state index contributed by atoms with van der Waals surface area (Å²) in [6.45, 7) is 0. The molecular weight excluding hydrogens is 607 g/mol. The number of halogens is 2. The third-order valence-electron chi connectivity index (χ3n) is 7.97. The first-order valence-corrected chi connectivity index (χ1v) is 13.2. The zero-order valence-corrected chi connectivity index (χ0v) is 25.9. The van der Waals surface area contributed by atoms with E-state index < -0.39 is 0 Å². The van der Waals surface area contributed by atoms with Gasteiger partial charge < -0.3 is 24.8 Å². The molecule has 0 nitrogen and oxygen atoms in total. The normalized spacial score (nSPS) is 13.7. The van der Waals surface area contributed by atoms with Crippen LogP contribution in [0, 0.1) is 0 Å². The molecule has 0 heterocycles. The van der Waals surface area contributed by atoms with Crippen LogP contribution >= 0.6 is 0 Å². The fourth-order valence-electron chi connectivity index (χ4n) is 6.25. The molecule has 1 unspecified atom stereocenters. The summed E-state index contributed by atoms with van der Waals surface area (Å²) in [5.74, 6) is 0.541. The summed E-state index contributed by atoms with van der Waals surface area (Å²) in [6, 6.07) is 46.8. The quantitative estimate of drug-likeness (QED) is 0.276. The van der Waals surface area contributed by atoms with Crippen molar-refractivity contribution in [1.29, 1.82) is 0 Å². The Morgan fingerprint density at radius 3 is 1.45 bits per heavy atom. The van der Waals surface area contributed by atoms with Crippen LogP contribution in [0.1, 0.15) is 34.9 Å². The molecule has 0 saturated heterocycles. The van der Waals surface area contributed by atoms with Crippen molar-refractivity contribution in [1.82, 2.24) is 0 Å². The van der Waals surface area contributed by atoms with Crippen molar-refractivity contribution in [3.8, 4) is 33.4 Å². The van der Waals surface area contributed by atoms with Crippen LogP contribution in [-0.4, -0.2) is 0 Å². The van der Waals surface area contributed by atoms with Gasteiger partial charge in [-0.3, -0.25) is 0 Å². The average Bonchev–Trinajstić information content (AvgIpc) is 3.62. The predicted molar refractivity (Wildman–Crippen MR) is 156 cm³/mol. The van der Waals surface area contributed by atoms with Crippen molar-refractivity contribution >= 4 is 0 Å². The van der Waals surface area contributed by atoms with Crippen molar-refractivity contribution in [2.45, 2.75) is 18.3 Å². The number of hydrogen-bond donors (Lipinski definition) is 0. The predicted octanol–water partition coefficient (Wildman–Crippen LogP) is 3.81. The van der Waals surface area contributed by atoms with Gasteiger partial charge in [-0.25, -0.2) is 0 Å². The van der Waals surface area contributed by atoms with Gasteiger partial charge in [-0.2, -0.15) is 0 Å². The molecule has 5 aromatic carbocycles. The van der Waals surface area contributed by atoms with Gasteiger partial charge in [-0.15, -0.1) is 0 Å². The molecule has 40 heavy (non-hydrogen) atoms. The summed E-state index contributed by atoms with van der Waals surface area (Å²) in [6.07, 6.45) is 7.88. The van der Waals surface area contributed by atoms with Crippen LogP contribution in [0.2, 0.25) is 0 Å². The fraction of sp³-hybridized carbons (Fsp3) is 0.0811. The molecule has 5 aromatic rings. The Balaban J connectivity index is 0.00000123.